The van der Waals surface area contributed by atoms with E-state index in [4.69, 9.17) is 15.2 Å². The highest BCUT2D eigenvalue weighted by molar-refractivity contribution is 5.74. The number of amidine groups is 1. The molecule has 0 unspecified atom stereocenters. The lowest BCUT2D eigenvalue weighted by Gasteiger charge is -2.43. The van der Waals surface area contributed by atoms with Crippen LogP contribution in [0.3, 0.4) is 0 Å². The molecule has 1 aromatic heterocycles. The van der Waals surface area contributed by atoms with Crippen LogP contribution in [-0.4, -0.2) is 35.1 Å². The molecule has 0 bridgehead atoms. The van der Waals surface area contributed by atoms with Gasteiger partial charge in [0.05, 0.1) is 6.61 Å². The molecule has 0 saturated heterocycles. The maximum absolute atomic E-state index is 14.8. The van der Waals surface area contributed by atoms with Gasteiger partial charge in [0.1, 0.15) is 12.1 Å². The number of hydrogen-bond acceptors (Lipinski definition) is 6. The summed E-state index contributed by atoms with van der Waals surface area (Å²) < 4.78 is 39.8. The molecule has 2 aliphatic rings. The fourth-order valence-electron chi connectivity index (χ4n) is 3.13. The number of nitrogens with zero attached hydrogens (tertiary/aromatic N) is 3. The fourth-order valence-corrected chi connectivity index (χ4v) is 3.13. The van der Waals surface area contributed by atoms with E-state index in [9.17, 15) is 8.78 Å². The number of nitrogens with two attached hydrogens (primary N) is 1. The smallest absolute Gasteiger partial charge is 0.310 e. The Bertz CT molecular complexity index is 813. The van der Waals surface area contributed by atoms with E-state index in [0.717, 1.165) is 0 Å². The van der Waals surface area contributed by atoms with Gasteiger partial charge in [-0.1, -0.05) is 6.07 Å². The SMILES string of the molecule is NC1=N[C@@]2(CCOc3ccc(-c4cncnc4)cc32)C(F)(F)CO1. The molecule has 24 heavy (non-hydrogen) atoms. The van der Waals surface area contributed by atoms with Crippen molar-refractivity contribution in [1.82, 2.24) is 9.97 Å². The van der Waals surface area contributed by atoms with Crippen molar-refractivity contribution in [2.24, 2.45) is 10.7 Å². The van der Waals surface area contributed by atoms with Crippen LogP contribution in [0.4, 0.5) is 8.78 Å². The van der Waals surface area contributed by atoms with Gasteiger partial charge in [0.15, 0.2) is 12.1 Å². The molecule has 2 aliphatic heterocycles. The first-order valence-electron chi connectivity index (χ1n) is 7.40. The summed E-state index contributed by atoms with van der Waals surface area (Å²) in [5, 5.41) is 0. The second-order valence-corrected chi connectivity index (χ2v) is 5.74. The first kappa shape index (κ1) is 14.8. The number of halogens is 2. The van der Waals surface area contributed by atoms with Gasteiger partial charge in [-0.3, -0.25) is 0 Å². The van der Waals surface area contributed by atoms with Crippen LogP contribution in [0.1, 0.15) is 12.0 Å². The number of fused-ring (bicyclic) bond motifs is 2. The summed E-state index contributed by atoms with van der Waals surface area (Å²) in [7, 11) is 0. The average molecular weight is 332 g/mol. The minimum atomic E-state index is -3.19. The molecule has 3 heterocycles. The van der Waals surface area contributed by atoms with Gasteiger partial charge >= 0.3 is 5.92 Å². The topological polar surface area (TPSA) is 82.6 Å². The molecule has 0 fully saturated rings. The monoisotopic (exact) mass is 332 g/mol. The van der Waals surface area contributed by atoms with Gasteiger partial charge in [-0.15, -0.1) is 0 Å². The van der Waals surface area contributed by atoms with E-state index in [0.29, 0.717) is 22.4 Å². The maximum atomic E-state index is 14.8. The number of aromatic nitrogens is 2. The highest BCUT2D eigenvalue weighted by Crippen LogP contribution is 2.51. The lowest BCUT2D eigenvalue weighted by atomic mass is 9.78. The predicted octanol–water partition coefficient (Wildman–Crippen LogP) is 2.10. The highest BCUT2D eigenvalue weighted by Gasteiger charge is 2.60. The molecule has 0 saturated carbocycles. The molecule has 1 atom stereocenters. The van der Waals surface area contributed by atoms with Gasteiger partial charge < -0.3 is 15.2 Å². The first-order valence-corrected chi connectivity index (χ1v) is 7.40. The third-order valence-electron chi connectivity index (χ3n) is 4.35. The Morgan fingerprint density at radius 2 is 1.88 bits per heavy atom. The quantitative estimate of drug-likeness (QED) is 0.865. The Hall–Kier alpha value is -2.77. The normalized spacial score (nSPS) is 24.5. The summed E-state index contributed by atoms with van der Waals surface area (Å²) >= 11 is 0. The number of aliphatic imine (C=N–C) groups is 1. The van der Waals surface area contributed by atoms with E-state index >= 15 is 0 Å². The Morgan fingerprint density at radius 1 is 1.08 bits per heavy atom. The summed E-state index contributed by atoms with van der Waals surface area (Å²) in [6.07, 6.45) is 4.66. The van der Waals surface area contributed by atoms with E-state index in [-0.39, 0.29) is 19.0 Å². The van der Waals surface area contributed by atoms with E-state index < -0.39 is 18.1 Å². The van der Waals surface area contributed by atoms with E-state index in [1.165, 1.54) is 6.33 Å². The summed E-state index contributed by atoms with van der Waals surface area (Å²) in [6.45, 7) is -0.673. The van der Waals surface area contributed by atoms with Gasteiger partial charge in [-0.05, 0) is 17.7 Å². The van der Waals surface area contributed by atoms with Crippen molar-refractivity contribution in [3.05, 3.63) is 42.5 Å². The predicted molar refractivity (Wildman–Crippen MR) is 81.8 cm³/mol. The first-order chi connectivity index (χ1) is 11.5. The van der Waals surface area contributed by atoms with Crippen molar-refractivity contribution in [3.63, 3.8) is 0 Å². The van der Waals surface area contributed by atoms with Crippen LogP contribution in [0.15, 0.2) is 41.9 Å². The molecule has 0 radical (unpaired) electrons. The molecule has 2 aromatic rings. The number of hydrogen-bond donors (Lipinski definition) is 1. The lowest BCUT2D eigenvalue weighted by molar-refractivity contribution is -0.132. The summed E-state index contributed by atoms with van der Waals surface area (Å²) in [5.41, 5.74) is 5.54. The van der Waals surface area contributed by atoms with E-state index in [2.05, 4.69) is 15.0 Å². The Kier molecular flexibility index (Phi) is 3.16. The van der Waals surface area contributed by atoms with Crippen molar-refractivity contribution in [1.29, 1.82) is 0 Å². The Labute approximate surface area is 136 Å². The van der Waals surface area contributed by atoms with Gasteiger partial charge in [0.2, 0.25) is 0 Å². The maximum Gasteiger partial charge on any atom is 0.310 e. The molecule has 2 N–H and O–H groups in total. The minimum absolute atomic E-state index is 0.0196. The summed E-state index contributed by atoms with van der Waals surface area (Å²) in [4.78, 5) is 11.9. The van der Waals surface area contributed by atoms with Crippen LogP contribution in [0.25, 0.3) is 11.1 Å². The van der Waals surface area contributed by atoms with Crippen LogP contribution >= 0.6 is 0 Å². The fraction of sp³-hybridized carbons (Fsp3) is 0.312. The number of alkyl halides is 2. The lowest BCUT2D eigenvalue weighted by Crippen LogP contribution is -2.54. The molecule has 6 nitrogen and oxygen atoms in total. The Morgan fingerprint density at radius 3 is 2.67 bits per heavy atom. The molecular formula is C16H14F2N4O2. The van der Waals surface area contributed by atoms with Crippen molar-refractivity contribution in [3.8, 4) is 16.9 Å². The molecule has 1 spiro atoms. The third-order valence-corrected chi connectivity index (χ3v) is 4.35. The standard InChI is InChI=1S/C16H14F2N4O2/c17-16(18)8-24-14(19)22-15(16)3-4-23-13-2-1-10(5-12(13)15)11-6-20-9-21-7-11/h1-2,5-7,9H,3-4,8H2,(H2,19,22)/t15-/m1/s1. The van der Waals surface area contributed by atoms with Gasteiger partial charge in [0.25, 0.3) is 6.02 Å². The second-order valence-electron chi connectivity index (χ2n) is 5.74. The van der Waals surface area contributed by atoms with E-state index in [1.54, 1.807) is 30.6 Å². The van der Waals surface area contributed by atoms with Gasteiger partial charge in [-0.2, -0.15) is 8.78 Å². The zero-order chi connectivity index (χ0) is 16.8. The van der Waals surface area contributed by atoms with Crippen molar-refractivity contribution >= 4 is 6.02 Å². The van der Waals surface area contributed by atoms with Crippen LogP contribution < -0.4 is 10.5 Å². The van der Waals surface area contributed by atoms with Crippen molar-refractivity contribution < 1.29 is 18.3 Å². The van der Waals surface area contributed by atoms with Crippen molar-refractivity contribution in [2.75, 3.05) is 13.2 Å². The largest absolute Gasteiger partial charge is 0.493 e. The van der Waals surface area contributed by atoms with Gasteiger partial charge in [0, 0.05) is 29.9 Å². The van der Waals surface area contributed by atoms with Crippen LogP contribution in [0, 0.1) is 0 Å². The highest BCUT2D eigenvalue weighted by atomic mass is 19.3. The van der Waals surface area contributed by atoms with E-state index in [1.807, 2.05) is 0 Å². The third kappa shape index (κ3) is 2.10. The minimum Gasteiger partial charge on any atom is -0.493 e. The van der Waals surface area contributed by atoms with Crippen LogP contribution in [0.5, 0.6) is 5.75 Å². The molecule has 0 amide bonds. The number of benzene rings is 1. The van der Waals surface area contributed by atoms with Gasteiger partial charge in [-0.25, -0.2) is 15.0 Å². The molecule has 124 valence electrons. The zero-order valence-corrected chi connectivity index (χ0v) is 12.6. The molecule has 1 aromatic carbocycles. The molecular weight excluding hydrogens is 318 g/mol. The average Bonchev–Trinajstić information content (AvgIpc) is 2.60. The molecule has 8 heteroatoms. The second kappa shape index (κ2) is 5.12. The number of ether oxygens (including phenoxy) is 2. The molecule has 0 aliphatic carbocycles. The summed E-state index contributed by atoms with van der Waals surface area (Å²) in [5.74, 6) is -2.82. The number of rotatable bonds is 1. The Balaban J connectivity index is 1.92. The van der Waals surface area contributed by atoms with Crippen LogP contribution in [-0.2, 0) is 10.3 Å². The van der Waals surface area contributed by atoms with Crippen LogP contribution in [0.2, 0.25) is 0 Å². The zero-order valence-electron chi connectivity index (χ0n) is 12.6. The summed E-state index contributed by atoms with van der Waals surface area (Å²) in [6, 6.07) is 4.85. The van der Waals surface area contributed by atoms with Crippen molar-refractivity contribution in [2.45, 2.75) is 17.9 Å². The molecule has 4 rings (SSSR count).